The number of nitrogens with one attached hydrogen (secondary N) is 2. The standard InChI is InChI=1S/C19H19FN2O2/c1-3-16(12-4-7-15(24-2)8-5-12)22-19(23)18-11-13-10-14(20)6-9-17(13)21-18/h4-11,16,21H,3H2,1-2H3,(H,22,23). The van der Waals surface area contributed by atoms with Crippen molar-refractivity contribution in [3.8, 4) is 5.75 Å². The van der Waals surface area contributed by atoms with Gasteiger partial charge in [-0.3, -0.25) is 4.79 Å². The molecule has 0 aliphatic rings. The fraction of sp³-hybridized carbons (Fsp3) is 0.211. The van der Waals surface area contributed by atoms with Gasteiger partial charge in [-0.05, 0) is 48.4 Å². The number of ether oxygens (including phenoxy) is 1. The van der Waals surface area contributed by atoms with Crippen molar-refractivity contribution in [3.63, 3.8) is 0 Å². The van der Waals surface area contributed by atoms with E-state index in [4.69, 9.17) is 4.74 Å². The monoisotopic (exact) mass is 326 g/mol. The Kier molecular flexibility index (Phi) is 4.51. The third-order valence-corrected chi connectivity index (χ3v) is 4.06. The zero-order valence-electron chi connectivity index (χ0n) is 13.6. The lowest BCUT2D eigenvalue weighted by Crippen LogP contribution is -2.28. The van der Waals surface area contributed by atoms with E-state index >= 15 is 0 Å². The largest absolute Gasteiger partial charge is 0.497 e. The van der Waals surface area contributed by atoms with Crippen LogP contribution in [0.15, 0.2) is 48.5 Å². The average Bonchev–Trinajstić information content (AvgIpc) is 3.03. The molecular formula is C19H19FN2O2. The number of methoxy groups -OCH3 is 1. The molecule has 1 unspecified atom stereocenters. The number of hydrogen-bond donors (Lipinski definition) is 2. The van der Waals surface area contributed by atoms with Gasteiger partial charge in [-0.15, -0.1) is 0 Å². The molecule has 0 fully saturated rings. The first-order valence-electron chi connectivity index (χ1n) is 7.83. The summed E-state index contributed by atoms with van der Waals surface area (Å²) in [6.07, 6.45) is 0.757. The van der Waals surface area contributed by atoms with Crippen molar-refractivity contribution in [2.45, 2.75) is 19.4 Å². The molecule has 0 spiro atoms. The van der Waals surface area contributed by atoms with E-state index in [1.54, 1.807) is 19.2 Å². The number of carbonyl (C=O) groups is 1. The van der Waals surface area contributed by atoms with Crippen LogP contribution in [-0.2, 0) is 0 Å². The Balaban J connectivity index is 1.79. The Morgan fingerprint density at radius 1 is 1.21 bits per heavy atom. The van der Waals surface area contributed by atoms with Crippen molar-refractivity contribution in [2.24, 2.45) is 0 Å². The fourth-order valence-corrected chi connectivity index (χ4v) is 2.72. The van der Waals surface area contributed by atoms with E-state index in [9.17, 15) is 9.18 Å². The van der Waals surface area contributed by atoms with E-state index in [1.165, 1.54) is 12.1 Å². The summed E-state index contributed by atoms with van der Waals surface area (Å²) in [5.41, 5.74) is 2.16. The summed E-state index contributed by atoms with van der Waals surface area (Å²) in [6, 6.07) is 13.6. The smallest absolute Gasteiger partial charge is 0.268 e. The van der Waals surface area contributed by atoms with Gasteiger partial charge in [0.2, 0.25) is 0 Å². The van der Waals surface area contributed by atoms with Gasteiger partial charge >= 0.3 is 0 Å². The maximum atomic E-state index is 13.3. The number of halogens is 1. The molecule has 0 radical (unpaired) electrons. The molecule has 0 aliphatic carbocycles. The highest BCUT2D eigenvalue weighted by molar-refractivity contribution is 5.98. The minimum Gasteiger partial charge on any atom is -0.497 e. The van der Waals surface area contributed by atoms with Crippen LogP contribution in [0, 0.1) is 5.82 Å². The molecule has 2 aromatic carbocycles. The van der Waals surface area contributed by atoms with Crippen molar-refractivity contribution in [2.75, 3.05) is 7.11 Å². The Morgan fingerprint density at radius 3 is 2.62 bits per heavy atom. The molecule has 1 aromatic heterocycles. The predicted molar refractivity (Wildman–Crippen MR) is 91.7 cm³/mol. The fourth-order valence-electron chi connectivity index (χ4n) is 2.72. The first-order chi connectivity index (χ1) is 11.6. The summed E-state index contributed by atoms with van der Waals surface area (Å²) in [6.45, 7) is 2.01. The zero-order chi connectivity index (χ0) is 17.1. The Labute approximate surface area is 139 Å². The summed E-state index contributed by atoms with van der Waals surface area (Å²) in [4.78, 5) is 15.5. The molecule has 5 heteroatoms. The molecule has 1 amide bonds. The Morgan fingerprint density at radius 2 is 1.96 bits per heavy atom. The highest BCUT2D eigenvalue weighted by Gasteiger charge is 2.16. The Hall–Kier alpha value is -2.82. The van der Waals surface area contributed by atoms with Gasteiger partial charge in [0.05, 0.1) is 13.2 Å². The summed E-state index contributed by atoms with van der Waals surface area (Å²) >= 11 is 0. The van der Waals surface area contributed by atoms with Crippen LogP contribution in [-0.4, -0.2) is 18.0 Å². The molecule has 4 nitrogen and oxygen atoms in total. The number of H-pyrrole nitrogens is 1. The third kappa shape index (κ3) is 3.25. The van der Waals surface area contributed by atoms with Crippen LogP contribution in [0.1, 0.15) is 35.4 Å². The quantitative estimate of drug-likeness (QED) is 0.738. The number of rotatable bonds is 5. The van der Waals surface area contributed by atoms with Crippen LogP contribution in [0.3, 0.4) is 0 Å². The average molecular weight is 326 g/mol. The van der Waals surface area contributed by atoms with E-state index in [-0.39, 0.29) is 17.8 Å². The molecule has 1 atom stereocenters. The van der Waals surface area contributed by atoms with E-state index < -0.39 is 0 Å². The number of fused-ring (bicyclic) bond motifs is 1. The van der Waals surface area contributed by atoms with Crippen LogP contribution in [0.4, 0.5) is 4.39 Å². The summed E-state index contributed by atoms with van der Waals surface area (Å²) < 4.78 is 18.4. The maximum absolute atomic E-state index is 13.3. The van der Waals surface area contributed by atoms with Crippen LogP contribution < -0.4 is 10.1 Å². The normalized spacial score (nSPS) is 12.1. The van der Waals surface area contributed by atoms with Crippen LogP contribution >= 0.6 is 0 Å². The minimum absolute atomic E-state index is 0.105. The van der Waals surface area contributed by atoms with E-state index in [0.717, 1.165) is 23.3 Å². The second-order valence-electron chi connectivity index (χ2n) is 5.62. The highest BCUT2D eigenvalue weighted by Crippen LogP contribution is 2.22. The maximum Gasteiger partial charge on any atom is 0.268 e. The lowest BCUT2D eigenvalue weighted by molar-refractivity contribution is 0.0931. The van der Waals surface area contributed by atoms with Gasteiger partial charge in [0.25, 0.3) is 5.91 Å². The third-order valence-electron chi connectivity index (χ3n) is 4.06. The predicted octanol–water partition coefficient (Wildman–Crippen LogP) is 4.20. The first kappa shape index (κ1) is 16.1. The molecule has 2 N–H and O–H groups in total. The van der Waals surface area contributed by atoms with Crippen molar-refractivity contribution >= 4 is 16.8 Å². The van der Waals surface area contributed by atoms with Gasteiger partial charge in [0.1, 0.15) is 17.3 Å². The first-order valence-corrected chi connectivity index (χ1v) is 7.83. The SMILES string of the molecule is CCC(NC(=O)c1cc2cc(F)ccc2[nH]1)c1ccc(OC)cc1. The summed E-state index contributed by atoms with van der Waals surface area (Å²) in [5.74, 6) is 0.241. The number of aromatic amines is 1. The molecule has 0 saturated carbocycles. The molecule has 0 bridgehead atoms. The number of amides is 1. The number of benzene rings is 2. The second-order valence-corrected chi connectivity index (χ2v) is 5.62. The molecule has 0 aliphatic heterocycles. The second kappa shape index (κ2) is 6.74. The van der Waals surface area contributed by atoms with Gasteiger partial charge in [-0.1, -0.05) is 19.1 Å². The topological polar surface area (TPSA) is 54.1 Å². The molecule has 1 heterocycles. The highest BCUT2D eigenvalue weighted by atomic mass is 19.1. The lowest BCUT2D eigenvalue weighted by Gasteiger charge is -2.17. The van der Waals surface area contributed by atoms with Crippen LogP contribution in [0.25, 0.3) is 10.9 Å². The van der Waals surface area contributed by atoms with Crippen LogP contribution in [0.5, 0.6) is 5.75 Å². The van der Waals surface area contributed by atoms with Crippen molar-refractivity contribution < 1.29 is 13.9 Å². The molecular weight excluding hydrogens is 307 g/mol. The summed E-state index contributed by atoms with van der Waals surface area (Å²) in [5, 5.41) is 3.69. The molecule has 3 aromatic rings. The Bertz CT molecular complexity index is 855. The van der Waals surface area contributed by atoms with Crippen molar-refractivity contribution in [3.05, 3.63) is 65.6 Å². The van der Waals surface area contributed by atoms with Gasteiger partial charge in [0.15, 0.2) is 0 Å². The molecule has 3 rings (SSSR count). The van der Waals surface area contributed by atoms with Gasteiger partial charge in [-0.25, -0.2) is 4.39 Å². The van der Waals surface area contributed by atoms with Gasteiger partial charge < -0.3 is 15.0 Å². The number of aromatic nitrogens is 1. The molecule has 24 heavy (non-hydrogen) atoms. The van der Waals surface area contributed by atoms with E-state index in [2.05, 4.69) is 10.3 Å². The van der Waals surface area contributed by atoms with Gasteiger partial charge in [0, 0.05) is 10.9 Å². The van der Waals surface area contributed by atoms with Crippen molar-refractivity contribution in [1.29, 1.82) is 0 Å². The van der Waals surface area contributed by atoms with E-state index in [1.807, 2.05) is 31.2 Å². The lowest BCUT2D eigenvalue weighted by atomic mass is 10.0. The summed E-state index contributed by atoms with van der Waals surface area (Å²) in [7, 11) is 1.62. The minimum atomic E-state index is -0.321. The number of hydrogen-bond acceptors (Lipinski definition) is 2. The van der Waals surface area contributed by atoms with Crippen LogP contribution in [0.2, 0.25) is 0 Å². The number of carbonyl (C=O) groups excluding carboxylic acids is 1. The molecule has 0 saturated heterocycles. The van der Waals surface area contributed by atoms with Crippen molar-refractivity contribution in [1.82, 2.24) is 10.3 Å². The zero-order valence-corrected chi connectivity index (χ0v) is 13.6. The van der Waals surface area contributed by atoms with E-state index in [0.29, 0.717) is 11.1 Å². The van der Waals surface area contributed by atoms with Gasteiger partial charge in [-0.2, -0.15) is 0 Å². The molecule has 124 valence electrons.